The minimum absolute atomic E-state index is 0.331. The zero-order valence-corrected chi connectivity index (χ0v) is 17.3. The first-order valence-corrected chi connectivity index (χ1v) is 10.2. The largest absolute Gasteiger partial charge is 0.489 e. The van der Waals surface area contributed by atoms with Crippen LogP contribution in [0.25, 0.3) is 0 Å². The average molecular weight is 395 g/mol. The van der Waals surface area contributed by atoms with Crippen molar-refractivity contribution in [2.24, 2.45) is 0 Å². The quantitative estimate of drug-likeness (QED) is 0.658. The Labute approximate surface area is 173 Å². The van der Waals surface area contributed by atoms with Gasteiger partial charge in [-0.25, -0.2) is 4.79 Å². The summed E-state index contributed by atoms with van der Waals surface area (Å²) in [5.74, 6) is 0.848. The van der Waals surface area contributed by atoms with E-state index in [2.05, 4.69) is 49.1 Å². The third-order valence-corrected chi connectivity index (χ3v) is 5.29. The van der Waals surface area contributed by atoms with E-state index in [4.69, 9.17) is 4.74 Å². The molecule has 1 fully saturated rings. The number of ether oxygens (including phenoxy) is 1. The fraction of sp³-hybridized carbons (Fsp3) is 0.375. The Morgan fingerprint density at radius 3 is 2.34 bits per heavy atom. The molecular weight excluding hydrogens is 364 g/mol. The summed E-state index contributed by atoms with van der Waals surface area (Å²) in [5, 5.41) is 9.21. The van der Waals surface area contributed by atoms with E-state index >= 15 is 0 Å². The highest BCUT2D eigenvalue weighted by Gasteiger charge is 2.26. The van der Waals surface area contributed by atoms with E-state index in [0.717, 1.165) is 36.4 Å². The summed E-state index contributed by atoms with van der Waals surface area (Å²) in [6.45, 7) is 6.75. The molecule has 3 rings (SSSR count). The summed E-state index contributed by atoms with van der Waals surface area (Å²) in [5.41, 5.74) is 3.57. The predicted octanol–water partition coefficient (Wildman–Crippen LogP) is 5.18. The molecule has 0 saturated carbocycles. The van der Waals surface area contributed by atoms with Crippen molar-refractivity contribution in [1.82, 2.24) is 4.90 Å². The van der Waals surface area contributed by atoms with Crippen molar-refractivity contribution < 1.29 is 14.6 Å². The third-order valence-electron chi connectivity index (χ3n) is 5.29. The maximum absolute atomic E-state index is 11.2. The van der Waals surface area contributed by atoms with Crippen molar-refractivity contribution in [3.05, 3.63) is 71.8 Å². The second-order valence-corrected chi connectivity index (χ2v) is 7.70. The van der Waals surface area contributed by atoms with Gasteiger partial charge in [-0.3, -0.25) is 0 Å². The summed E-state index contributed by atoms with van der Waals surface area (Å²) < 4.78 is 5.91. The first-order chi connectivity index (χ1) is 14.0. The van der Waals surface area contributed by atoms with E-state index < -0.39 is 6.09 Å². The highest BCUT2D eigenvalue weighted by atomic mass is 16.5. The van der Waals surface area contributed by atoms with Crippen LogP contribution in [0.2, 0.25) is 0 Å². The van der Waals surface area contributed by atoms with Crippen molar-refractivity contribution in [3.8, 4) is 5.75 Å². The van der Waals surface area contributed by atoms with E-state index in [1.807, 2.05) is 30.3 Å². The van der Waals surface area contributed by atoms with Crippen LogP contribution in [0, 0.1) is 0 Å². The van der Waals surface area contributed by atoms with Crippen LogP contribution in [0.15, 0.2) is 66.2 Å². The van der Waals surface area contributed by atoms with E-state index in [-0.39, 0.29) is 0 Å². The molecule has 1 N–H and O–H groups in total. The summed E-state index contributed by atoms with van der Waals surface area (Å²) >= 11 is 0. The SMILES string of the molecule is CC(C)=CCN(c1ccc(OCc2ccccc2)cc1)C1CCN(C(=O)O)CC1. The Bertz CT molecular complexity index is 806. The molecule has 1 heterocycles. The van der Waals surface area contributed by atoms with Crippen LogP contribution in [0.1, 0.15) is 32.3 Å². The molecule has 0 atom stereocenters. The molecule has 0 aromatic heterocycles. The summed E-state index contributed by atoms with van der Waals surface area (Å²) in [7, 11) is 0. The highest BCUT2D eigenvalue weighted by molar-refractivity contribution is 5.65. The Balaban J connectivity index is 1.67. The van der Waals surface area contributed by atoms with Gasteiger partial charge in [-0.2, -0.15) is 0 Å². The normalized spacial score (nSPS) is 14.3. The molecule has 154 valence electrons. The Morgan fingerprint density at radius 2 is 1.76 bits per heavy atom. The van der Waals surface area contributed by atoms with Crippen LogP contribution in [-0.2, 0) is 6.61 Å². The highest BCUT2D eigenvalue weighted by Crippen LogP contribution is 2.26. The number of allylic oxidation sites excluding steroid dienone is 1. The first kappa shape index (κ1) is 20.8. The lowest BCUT2D eigenvalue weighted by molar-refractivity contribution is 0.132. The van der Waals surface area contributed by atoms with Crippen molar-refractivity contribution >= 4 is 11.8 Å². The first-order valence-electron chi connectivity index (χ1n) is 10.2. The topological polar surface area (TPSA) is 53.0 Å². The predicted molar refractivity (Wildman–Crippen MR) is 117 cm³/mol. The average Bonchev–Trinajstić information content (AvgIpc) is 2.74. The molecule has 0 radical (unpaired) electrons. The van der Waals surface area contributed by atoms with Gasteiger partial charge in [-0.05, 0) is 56.5 Å². The standard InChI is InChI=1S/C24H30N2O3/c1-19(2)12-17-26(22-13-15-25(16-14-22)24(27)28)21-8-10-23(11-9-21)29-18-20-6-4-3-5-7-20/h3-12,22H,13-18H2,1-2H3,(H,27,28). The third kappa shape index (κ3) is 6.01. The van der Waals surface area contributed by atoms with Crippen LogP contribution < -0.4 is 9.64 Å². The molecule has 1 amide bonds. The molecule has 5 heteroatoms. The Morgan fingerprint density at radius 1 is 1.10 bits per heavy atom. The molecular formula is C24H30N2O3. The number of hydrogen-bond donors (Lipinski definition) is 1. The van der Waals surface area contributed by atoms with Gasteiger partial charge in [-0.15, -0.1) is 0 Å². The van der Waals surface area contributed by atoms with E-state index in [0.29, 0.717) is 25.7 Å². The zero-order chi connectivity index (χ0) is 20.6. The smallest absolute Gasteiger partial charge is 0.407 e. The lowest BCUT2D eigenvalue weighted by Crippen LogP contribution is -2.46. The molecule has 1 aliphatic heterocycles. The molecule has 0 unspecified atom stereocenters. The van der Waals surface area contributed by atoms with Gasteiger partial charge in [0.15, 0.2) is 0 Å². The van der Waals surface area contributed by atoms with Crippen LogP contribution >= 0.6 is 0 Å². The van der Waals surface area contributed by atoms with Crippen LogP contribution in [0.3, 0.4) is 0 Å². The van der Waals surface area contributed by atoms with E-state index in [1.165, 1.54) is 10.5 Å². The number of amides is 1. The van der Waals surface area contributed by atoms with Gasteiger partial charge in [0.25, 0.3) is 0 Å². The molecule has 0 aliphatic carbocycles. The van der Waals surface area contributed by atoms with Gasteiger partial charge in [0.05, 0.1) is 0 Å². The van der Waals surface area contributed by atoms with Crippen molar-refractivity contribution in [1.29, 1.82) is 0 Å². The molecule has 0 spiro atoms. The maximum atomic E-state index is 11.2. The number of nitrogens with zero attached hydrogens (tertiary/aromatic N) is 2. The molecule has 2 aromatic carbocycles. The minimum atomic E-state index is -0.820. The fourth-order valence-electron chi connectivity index (χ4n) is 3.59. The van der Waals surface area contributed by atoms with Gasteiger partial charge < -0.3 is 19.6 Å². The monoisotopic (exact) mass is 394 g/mol. The van der Waals surface area contributed by atoms with Gasteiger partial charge in [-0.1, -0.05) is 42.0 Å². The van der Waals surface area contributed by atoms with Crippen molar-refractivity contribution in [3.63, 3.8) is 0 Å². The molecule has 5 nitrogen and oxygen atoms in total. The fourth-order valence-corrected chi connectivity index (χ4v) is 3.59. The van der Waals surface area contributed by atoms with Crippen molar-refractivity contribution in [2.45, 2.75) is 39.3 Å². The second kappa shape index (κ2) is 10.0. The van der Waals surface area contributed by atoms with Gasteiger partial charge in [0.2, 0.25) is 0 Å². The number of carboxylic acid groups (broad SMARTS) is 1. The van der Waals surface area contributed by atoms with Gasteiger partial charge in [0, 0.05) is 31.4 Å². The lowest BCUT2D eigenvalue weighted by Gasteiger charge is -2.38. The lowest BCUT2D eigenvalue weighted by atomic mass is 10.0. The second-order valence-electron chi connectivity index (χ2n) is 7.70. The van der Waals surface area contributed by atoms with E-state index in [9.17, 15) is 9.90 Å². The molecule has 1 saturated heterocycles. The zero-order valence-electron chi connectivity index (χ0n) is 17.3. The van der Waals surface area contributed by atoms with Crippen LogP contribution in [0.5, 0.6) is 5.75 Å². The van der Waals surface area contributed by atoms with E-state index in [1.54, 1.807) is 0 Å². The van der Waals surface area contributed by atoms with Crippen LogP contribution in [-0.4, -0.2) is 41.8 Å². The number of piperidine rings is 1. The van der Waals surface area contributed by atoms with Gasteiger partial charge in [0.1, 0.15) is 12.4 Å². The molecule has 0 bridgehead atoms. The maximum Gasteiger partial charge on any atom is 0.407 e. The molecule has 1 aliphatic rings. The van der Waals surface area contributed by atoms with Gasteiger partial charge >= 0.3 is 6.09 Å². The molecule has 2 aromatic rings. The summed E-state index contributed by atoms with van der Waals surface area (Å²) in [4.78, 5) is 15.1. The van der Waals surface area contributed by atoms with Crippen molar-refractivity contribution in [2.75, 3.05) is 24.5 Å². The summed E-state index contributed by atoms with van der Waals surface area (Å²) in [6, 6.07) is 18.7. The number of rotatable bonds is 7. The number of hydrogen-bond acceptors (Lipinski definition) is 3. The molecule has 29 heavy (non-hydrogen) atoms. The summed E-state index contributed by atoms with van der Waals surface area (Å²) in [6.07, 6.45) is 3.09. The number of benzene rings is 2. The number of anilines is 1. The number of likely N-dealkylation sites (tertiary alicyclic amines) is 1. The Kier molecular flexibility index (Phi) is 7.17. The minimum Gasteiger partial charge on any atom is -0.489 e. The number of carbonyl (C=O) groups is 1. The van der Waals surface area contributed by atoms with Crippen LogP contribution in [0.4, 0.5) is 10.5 Å². The Hall–Kier alpha value is -2.95.